The number of thioether (sulfide) groups is 1. The fourth-order valence-electron chi connectivity index (χ4n) is 2.11. The molecule has 1 unspecified atom stereocenters. The Labute approximate surface area is 132 Å². The van der Waals surface area contributed by atoms with Gasteiger partial charge >= 0.3 is 0 Å². The van der Waals surface area contributed by atoms with Gasteiger partial charge in [-0.1, -0.05) is 20.3 Å². The van der Waals surface area contributed by atoms with E-state index in [0.717, 1.165) is 43.1 Å². The van der Waals surface area contributed by atoms with E-state index in [1.165, 1.54) is 0 Å². The molecule has 0 radical (unpaired) electrons. The van der Waals surface area contributed by atoms with Crippen LogP contribution in [-0.4, -0.2) is 35.5 Å². The zero-order chi connectivity index (χ0) is 15.7. The van der Waals surface area contributed by atoms with Gasteiger partial charge in [-0.25, -0.2) is 4.98 Å². The third-order valence-electron chi connectivity index (χ3n) is 3.20. The Bertz CT molecular complexity index is 427. The van der Waals surface area contributed by atoms with E-state index >= 15 is 0 Å². The third-order valence-corrected chi connectivity index (χ3v) is 3.94. The van der Waals surface area contributed by atoms with Crippen LogP contribution < -0.4 is 10.6 Å². The lowest BCUT2D eigenvalue weighted by Gasteiger charge is -2.16. The summed E-state index contributed by atoms with van der Waals surface area (Å²) in [7, 11) is 0. The summed E-state index contributed by atoms with van der Waals surface area (Å²) in [4.78, 5) is 17.0. The van der Waals surface area contributed by atoms with E-state index in [-0.39, 0.29) is 11.9 Å². The van der Waals surface area contributed by atoms with Crippen molar-refractivity contribution in [2.24, 2.45) is 0 Å². The van der Waals surface area contributed by atoms with Crippen LogP contribution in [0.1, 0.15) is 49.7 Å². The van der Waals surface area contributed by atoms with Crippen molar-refractivity contribution in [2.75, 3.05) is 23.9 Å². The summed E-state index contributed by atoms with van der Waals surface area (Å²) in [6, 6.07) is 3.97. The number of aryl methyl sites for hydroxylation is 1. The molecule has 118 valence electrons. The lowest BCUT2D eigenvalue weighted by Crippen LogP contribution is -2.36. The first-order valence-corrected chi connectivity index (χ1v) is 9.08. The first-order chi connectivity index (χ1) is 10.1. The SMILES string of the molecule is CCCc1cc(C(=O)NC(CC)CSC)cc(NCC)n1. The van der Waals surface area contributed by atoms with Gasteiger partial charge in [0.05, 0.1) is 0 Å². The van der Waals surface area contributed by atoms with Crippen LogP contribution in [0.25, 0.3) is 0 Å². The van der Waals surface area contributed by atoms with Gasteiger partial charge in [-0.15, -0.1) is 0 Å². The quantitative estimate of drug-likeness (QED) is 0.734. The molecule has 4 nitrogen and oxygen atoms in total. The van der Waals surface area contributed by atoms with Crippen LogP contribution in [0.2, 0.25) is 0 Å². The van der Waals surface area contributed by atoms with Crippen molar-refractivity contribution < 1.29 is 4.79 Å². The molecule has 0 spiro atoms. The number of hydrogen-bond acceptors (Lipinski definition) is 4. The van der Waals surface area contributed by atoms with E-state index in [2.05, 4.69) is 35.7 Å². The molecule has 0 aliphatic rings. The standard InChI is InChI=1S/C16H27N3OS/c1-5-8-14-9-12(10-15(18-14)17-7-3)16(20)19-13(6-2)11-21-4/h9-10,13H,5-8,11H2,1-4H3,(H,17,18)(H,19,20). The van der Waals surface area contributed by atoms with Gasteiger partial charge in [0.25, 0.3) is 5.91 Å². The van der Waals surface area contributed by atoms with E-state index in [1.54, 1.807) is 11.8 Å². The van der Waals surface area contributed by atoms with Gasteiger partial charge in [0.15, 0.2) is 0 Å². The lowest BCUT2D eigenvalue weighted by molar-refractivity contribution is 0.0940. The molecule has 0 bridgehead atoms. The molecular weight excluding hydrogens is 282 g/mol. The third kappa shape index (κ3) is 5.96. The minimum atomic E-state index is -0.00481. The second kappa shape index (κ2) is 9.66. The monoisotopic (exact) mass is 309 g/mol. The van der Waals surface area contributed by atoms with Gasteiger partial charge in [-0.2, -0.15) is 11.8 Å². The molecule has 2 N–H and O–H groups in total. The highest BCUT2D eigenvalue weighted by Crippen LogP contribution is 2.13. The molecule has 0 aliphatic heterocycles. The van der Waals surface area contributed by atoms with Crippen LogP contribution in [0.5, 0.6) is 0 Å². The summed E-state index contributed by atoms with van der Waals surface area (Å²) in [5, 5.41) is 6.31. The zero-order valence-electron chi connectivity index (χ0n) is 13.5. The largest absolute Gasteiger partial charge is 0.370 e. The smallest absolute Gasteiger partial charge is 0.251 e. The van der Waals surface area contributed by atoms with Crippen LogP contribution in [0, 0.1) is 0 Å². The number of nitrogens with zero attached hydrogens (tertiary/aromatic N) is 1. The maximum Gasteiger partial charge on any atom is 0.251 e. The fourth-order valence-corrected chi connectivity index (χ4v) is 2.83. The van der Waals surface area contributed by atoms with Gasteiger partial charge in [0.1, 0.15) is 5.82 Å². The average molecular weight is 309 g/mol. The predicted octanol–water partition coefficient (Wildman–Crippen LogP) is 3.34. The molecule has 1 aromatic heterocycles. The van der Waals surface area contributed by atoms with Crippen LogP contribution in [0.4, 0.5) is 5.82 Å². The number of pyridine rings is 1. The van der Waals surface area contributed by atoms with Crippen molar-refractivity contribution >= 4 is 23.5 Å². The molecule has 1 atom stereocenters. The Kier molecular flexibility index (Phi) is 8.20. The number of nitrogens with one attached hydrogen (secondary N) is 2. The second-order valence-electron chi connectivity index (χ2n) is 5.05. The Balaban J connectivity index is 2.90. The molecule has 0 aromatic carbocycles. The van der Waals surface area contributed by atoms with Gasteiger partial charge in [-0.05, 0) is 38.2 Å². The number of carbonyl (C=O) groups is 1. The minimum absolute atomic E-state index is 0.00481. The summed E-state index contributed by atoms with van der Waals surface area (Å²) < 4.78 is 0. The molecule has 5 heteroatoms. The predicted molar refractivity (Wildman–Crippen MR) is 92.3 cm³/mol. The molecule has 0 saturated heterocycles. The number of carbonyl (C=O) groups excluding carboxylic acids is 1. The van der Waals surface area contributed by atoms with E-state index in [1.807, 2.05) is 19.1 Å². The second-order valence-corrected chi connectivity index (χ2v) is 5.96. The van der Waals surface area contributed by atoms with Crippen LogP contribution in [-0.2, 0) is 6.42 Å². The van der Waals surface area contributed by atoms with E-state index in [4.69, 9.17) is 0 Å². The Morgan fingerprint density at radius 3 is 2.67 bits per heavy atom. The molecule has 0 aliphatic carbocycles. The molecule has 0 fully saturated rings. The molecule has 0 saturated carbocycles. The minimum Gasteiger partial charge on any atom is -0.370 e. The van der Waals surface area contributed by atoms with Crippen molar-refractivity contribution in [2.45, 2.75) is 46.1 Å². The molecule has 1 amide bonds. The topological polar surface area (TPSA) is 54.0 Å². The summed E-state index contributed by atoms with van der Waals surface area (Å²) in [6.07, 6.45) is 4.92. The molecule has 1 aromatic rings. The highest BCUT2D eigenvalue weighted by atomic mass is 32.2. The van der Waals surface area contributed by atoms with Crippen LogP contribution >= 0.6 is 11.8 Å². The number of aromatic nitrogens is 1. The first-order valence-electron chi connectivity index (χ1n) is 7.69. The number of hydrogen-bond donors (Lipinski definition) is 2. The van der Waals surface area contributed by atoms with Gasteiger partial charge in [-0.3, -0.25) is 4.79 Å². The van der Waals surface area contributed by atoms with Crippen LogP contribution in [0.15, 0.2) is 12.1 Å². The highest BCUT2D eigenvalue weighted by Gasteiger charge is 2.14. The Morgan fingerprint density at radius 2 is 2.10 bits per heavy atom. The first kappa shape index (κ1) is 17.8. The maximum atomic E-state index is 12.4. The van der Waals surface area contributed by atoms with Gasteiger partial charge in [0.2, 0.25) is 0 Å². The number of amides is 1. The van der Waals surface area contributed by atoms with Crippen molar-refractivity contribution in [1.29, 1.82) is 0 Å². The van der Waals surface area contributed by atoms with Crippen molar-refractivity contribution in [1.82, 2.24) is 10.3 Å². The summed E-state index contributed by atoms with van der Waals surface area (Å²) >= 11 is 1.75. The molecule has 1 rings (SSSR count). The fraction of sp³-hybridized carbons (Fsp3) is 0.625. The van der Waals surface area contributed by atoms with Crippen LogP contribution in [0.3, 0.4) is 0 Å². The average Bonchev–Trinajstić information content (AvgIpc) is 2.47. The zero-order valence-corrected chi connectivity index (χ0v) is 14.3. The number of anilines is 1. The van der Waals surface area contributed by atoms with Gasteiger partial charge < -0.3 is 10.6 Å². The van der Waals surface area contributed by atoms with Crippen molar-refractivity contribution in [3.8, 4) is 0 Å². The van der Waals surface area contributed by atoms with E-state index in [0.29, 0.717) is 5.56 Å². The molecule has 1 heterocycles. The van der Waals surface area contributed by atoms with Crippen molar-refractivity contribution in [3.63, 3.8) is 0 Å². The van der Waals surface area contributed by atoms with Gasteiger partial charge in [0, 0.05) is 29.6 Å². The number of rotatable bonds is 9. The van der Waals surface area contributed by atoms with E-state index in [9.17, 15) is 4.79 Å². The summed E-state index contributed by atoms with van der Waals surface area (Å²) in [6.45, 7) is 7.04. The Hall–Kier alpha value is -1.23. The Morgan fingerprint density at radius 1 is 1.33 bits per heavy atom. The molecule has 21 heavy (non-hydrogen) atoms. The normalized spacial score (nSPS) is 12.0. The lowest BCUT2D eigenvalue weighted by atomic mass is 10.1. The summed E-state index contributed by atoms with van der Waals surface area (Å²) in [5.74, 6) is 1.72. The molecular formula is C16H27N3OS. The highest BCUT2D eigenvalue weighted by molar-refractivity contribution is 7.98. The maximum absolute atomic E-state index is 12.4. The summed E-state index contributed by atoms with van der Waals surface area (Å²) in [5.41, 5.74) is 1.67. The van der Waals surface area contributed by atoms with Crippen molar-refractivity contribution in [3.05, 3.63) is 23.4 Å². The van der Waals surface area contributed by atoms with E-state index < -0.39 is 0 Å².